The maximum absolute atomic E-state index is 11.0. The number of carbonyl (C=O) groups excluding carboxylic acids is 1. The molecule has 1 rings (SSSR count). The van der Waals surface area contributed by atoms with Gasteiger partial charge in [-0.2, -0.15) is 0 Å². The van der Waals surface area contributed by atoms with E-state index in [0.29, 0.717) is 18.5 Å². The number of amides is 2. The van der Waals surface area contributed by atoms with E-state index < -0.39 is 0 Å². The van der Waals surface area contributed by atoms with Gasteiger partial charge in [0, 0.05) is 6.04 Å². The Labute approximate surface area is 72.9 Å². The van der Waals surface area contributed by atoms with Crippen LogP contribution < -0.4 is 10.6 Å². The molecule has 0 aliphatic heterocycles. The lowest BCUT2D eigenvalue weighted by Crippen LogP contribution is -2.37. The normalized spacial score (nSPS) is 25.7. The molecule has 66 valence electrons. The van der Waals surface area contributed by atoms with Gasteiger partial charge in [-0.3, -0.25) is 0 Å². The van der Waals surface area contributed by atoms with Crippen molar-refractivity contribution < 1.29 is 4.79 Å². The summed E-state index contributed by atoms with van der Waals surface area (Å²) in [6, 6.07) is 0.238. The highest BCUT2D eigenvalue weighted by Gasteiger charge is 2.36. The number of rotatable bonds is 3. The van der Waals surface area contributed by atoms with Crippen LogP contribution in [-0.4, -0.2) is 18.6 Å². The summed E-state index contributed by atoms with van der Waals surface area (Å²) in [4.78, 5) is 11.0. The number of hydrogen-bond acceptors (Lipinski definition) is 1. The first-order valence-corrected chi connectivity index (χ1v) is 4.25. The van der Waals surface area contributed by atoms with E-state index >= 15 is 0 Å². The van der Waals surface area contributed by atoms with Crippen molar-refractivity contribution in [1.82, 2.24) is 10.6 Å². The van der Waals surface area contributed by atoms with Crippen LogP contribution in [0.3, 0.4) is 0 Å². The number of urea groups is 1. The molecule has 1 saturated carbocycles. The molecule has 1 fully saturated rings. The van der Waals surface area contributed by atoms with Crippen molar-refractivity contribution in [3.63, 3.8) is 0 Å². The van der Waals surface area contributed by atoms with Gasteiger partial charge in [0.15, 0.2) is 0 Å². The molecule has 0 aromatic heterocycles. The molecule has 0 radical (unpaired) electrons. The molecule has 0 saturated heterocycles. The van der Waals surface area contributed by atoms with E-state index in [9.17, 15) is 4.79 Å². The third-order valence-corrected chi connectivity index (χ3v) is 2.11. The summed E-state index contributed by atoms with van der Waals surface area (Å²) in [5, 5.41) is 5.41. The fourth-order valence-electron chi connectivity index (χ4n) is 1.23. The molecule has 3 heteroatoms. The predicted molar refractivity (Wildman–Crippen MR) is 47.6 cm³/mol. The van der Waals surface area contributed by atoms with E-state index in [0.717, 1.165) is 12.8 Å². The summed E-state index contributed by atoms with van der Waals surface area (Å²) in [6.07, 6.45) is 7.23. The van der Waals surface area contributed by atoms with E-state index in [2.05, 4.69) is 23.5 Å². The molecule has 0 aromatic rings. The van der Waals surface area contributed by atoms with E-state index in [-0.39, 0.29) is 6.03 Å². The minimum absolute atomic E-state index is 0.145. The smallest absolute Gasteiger partial charge is 0.315 e. The SMILES string of the molecule is C#CCNC(=O)N[C@@H]1C[C@H]1CC. The van der Waals surface area contributed by atoms with Gasteiger partial charge in [-0.05, 0) is 12.3 Å². The van der Waals surface area contributed by atoms with Gasteiger partial charge in [-0.1, -0.05) is 19.3 Å². The molecule has 2 atom stereocenters. The second-order valence-corrected chi connectivity index (χ2v) is 3.04. The van der Waals surface area contributed by atoms with Gasteiger partial charge in [0.2, 0.25) is 0 Å². The Bertz CT molecular complexity index is 207. The first kappa shape index (κ1) is 8.92. The highest BCUT2D eigenvalue weighted by Crippen LogP contribution is 2.32. The molecular formula is C9H14N2O. The van der Waals surface area contributed by atoms with Crippen molar-refractivity contribution >= 4 is 6.03 Å². The zero-order valence-electron chi connectivity index (χ0n) is 7.26. The Morgan fingerprint density at radius 2 is 2.50 bits per heavy atom. The van der Waals surface area contributed by atoms with Gasteiger partial charge in [0.1, 0.15) is 0 Å². The van der Waals surface area contributed by atoms with Crippen molar-refractivity contribution in [2.45, 2.75) is 25.8 Å². The van der Waals surface area contributed by atoms with Crippen molar-refractivity contribution in [2.24, 2.45) is 5.92 Å². The molecule has 0 aromatic carbocycles. The largest absolute Gasteiger partial charge is 0.335 e. The van der Waals surface area contributed by atoms with Gasteiger partial charge in [0.25, 0.3) is 0 Å². The lowest BCUT2D eigenvalue weighted by Gasteiger charge is -2.03. The molecule has 12 heavy (non-hydrogen) atoms. The van der Waals surface area contributed by atoms with Crippen LogP contribution in [-0.2, 0) is 0 Å². The predicted octanol–water partition coefficient (Wildman–Crippen LogP) is 0.717. The van der Waals surface area contributed by atoms with Gasteiger partial charge >= 0.3 is 6.03 Å². The first-order chi connectivity index (χ1) is 5.77. The number of hydrogen-bond donors (Lipinski definition) is 2. The van der Waals surface area contributed by atoms with E-state index in [1.807, 2.05) is 0 Å². The van der Waals surface area contributed by atoms with Gasteiger partial charge < -0.3 is 10.6 Å². The monoisotopic (exact) mass is 166 g/mol. The molecule has 2 amide bonds. The topological polar surface area (TPSA) is 41.1 Å². The van der Waals surface area contributed by atoms with Gasteiger partial charge in [-0.15, -0.1) is 6.42 Å². The highest BCUT2D eigenvalue weighted by molar-refractivity contribution is 5.74. The Kier molecular flexibility index (Phi) is 2.98. The summed E-state index contributed by atoms with van der Waals surface area (Å²) < 4.78 is 0. The van der Waals surface area contributed by atoms with E-state index in [1.165, 1.54) is 0 Å². The zero-order chi connectivity index (χ0) is 8.97. The zero-order valence-corrected chi connectivity index (χ0v) is 7.26. The summed E-state index contributed by atoms with van der Waals surface area (Å²) in [5.41, 5.74) is 0. The molecule has 3 nitrogen and oxygen atoms in total. The van der Waals surface area contributed by atoms with E-state index in [4.69, 9.17) is 6.42 Å². The Morgan fingerprint density at radius 3 is 3.00 bits per heavy atom. The number of terminal acetylenes is 1. The average molecular weight is 166 g/mol. The maximum atomic E-state index is 11.0. The van der Waals surface area contributed by atoms with Crippen LogP contribution in [0, 0.1) is 18.3 Å². The van der Waals surface area contributed by atoms with Gasteiger partial charge in [-0.25, -0.2) is 4.79 Å². The van der Waals surface area contributed by atoms with Crippen LogP contribution in [0.5, 0.6) is 0 Å². The molecule has 1 aliphatic rings. The molecule has 0 unspecified atom stereocenters. The summed E-state index contributed by atoms with van der Waals surface area (Å²) in [7, 11) is 0. The van der Waals surface area contributed by atoms with Crippen molar-refractivity contribution in [1.29, 1.82) is 0 Å². The minimum atomic E-state index is -0.145. The molecule has 2 N–H and O–H groups in total. The standard InChI is InChI=1S/C9H14N2O/c1-3-5-10-9(12)11-8-6-7(8)4-2/h1,7-8H,4-6H2,2H3,(H2,10,11,12)/t7-,8-/m1/s1. The second kappa shape index (κ2) is 4.01. The number of carbonyl (C=O) groups is 1. The molecule has 0 spiro atoms. The van der Waals surface area contributed by atoms with Crippen LogP contribution in [0.4, 0.5) is 4.79 Å². The molecule has 0 bridgehead atoms. The summed E-state index contributed by atoms with van der Waals surface area (Å²) in [5.74, 6) is 3.03. The second-order valence-electron chi connectivity index (χ2n) is 3.04. The fourth-order valence-corrected chi connectivity index (χ4v) is 1.23. The molecule has 1 aliphatic carbocycles. The fraction of sp³-hybridized carbons (Fsp3) is 0.667. The molecule has 0 heterocycles. The summed E-state index contributed by atoms with van der Waals surface area (Å²) >= 11 is 0. The third kappa shape index (κ3) is 2.46. The van der Waals surface area contributed by atoms with Crippen LogP contribution in [0.1, 0.15) is 19.8 Å². The maximum Gasteiger partial charge on any atom is 0.315 e. The quantitative estimate of drug-likeness (QED) is 0.596. The van der Waals surface area contributed by atoms with Crippen LogP contribution in [0.15, 0.2) is 0 Å². The van der Waals surface area contributed by atoms with Crippen molar-refractivity contribution in [2.75, 3.05) is 6.54 Å². The molecular weight excluding hydrogens is 152 g/mol. The van der Waals surface area contributed by atoms with Crippen LogP contribution >= 0.6 is 0 Å². The van der Waals surface area contributed by atoms with Crippen molar-refractivity contribution in [3.8, 4) is 12.3 Å². The Morgan fingerprint density at radius 1 is 1.75 bits per heavy atom. The van der Waals surface area contributed by atoms with Crippen LogP contribution in [0.25, 0.3) is 0 Å². The van der Waals surface area contributed by atoms with Crippen molar-refractivity contribution in [3.05, 3.63) is 0 Å². The van der Waals surface area contributed by atoms with E-state index in [1.54, 1.807) is 0 Å². The van der Waals surface area contributed by atoms with Crippen LogP contribution in [0.2, 0.25) is 0 Å². The Balaban J connectivity index is 2.08. The number of nitrogens with one attached hydrogen (secondary N) is 2. The lowest BCUT2D eigenvalue weighted by atomic mass is 10.3. The van der Waals surface area contributed by atoms with Gasteiger partial charge in [0.05, 0.1) is 6.54 Å². The minimum Gasteiger partial charge on any atom is -0.335 e. The first-order valence-electron chi connectivity index (χ1n) is 4.25. The Hall–Kier alpha value is -1.17. The summed E-state index contributed by atoms with van der Waals surface area (Å²) in [6.45, 7) is 2.43. The third-order valence-electron chi connectivity index (χ3n) is 2.11. The highest BCUT2D eigenvalue weighted by atomic mass is 16.2. The lowest BCUT2D eigenvalue weighted by molar-refractivity contribution is 0.241. The average Bonchev–Trinajstić information content (AvgIpc) is 2.80.